The van der Waals surface area contributed by atoms with E-state index in [4.69, 9.17) is 4.74 Å². The van der Waals surface area contributed by atoms with E-state index in [1.54, 1.807) is 0 Å². The summed E-state index contributed by atoms with van der Waals surface area (Å²) < 4.78 is 5.39. The minimum atomic E-state index is -0.0809. The van der Waals surface area contributed by atoms with Gasteiger partial charge in [0.05, 0.1) is 24.2 Å². The lowest BCUT2D eigenvalue weighted by molar-refractivity contribution is -0.123. The summed E-state index contributed by atoms with van der Waals surface area (Å²) in [6, 6.07) is 10.1. The zero-order chi connectivity index (χ0) is 23.8. The van der Waals surface area contributed by atoms with Gasteiger partial charge in [0, 0.05) is 13.4 Å². The molecule has 35 heavy (non-hydrogen) atoms. The van der Waals surface area contributed by atoms with E-state index in [1.807, 2.05) is 6.92 Å². The van der Waals surface area contributed by atoms with Gasteiger partial charge in [-0.25, -0.2) is 4.79 Å². The van der Waals surface area contributed by atoms with E-state index in [0.29, 0.717) is 24.6 Å². The van der Waals surface area contributed by atoms with Crippen molar-refractivity contribution in [1.82, 2.24) is 15.1 Å². The molecule has 2 spiro atoms. The number of likely N-dealkylation sites (tertiary alicyclic amines) is 2. The van der Waals surface area contributed by atoms with Gasteiger partial charge in [-0.1, -0.05) is 24.3 Å². The molecule has 2 amide bonds. The maximum Gasteiger partial charge on any atom is 0.410 e. The fraction of sp³-hybridized carbons (Fsp3) is 0.724. The number of ether oxygens (including phenoxy) is 1. The number of fused-ring (bicyclic) bond motifs is 2. The average Bonchev–Trinajstić information content (AvgIpc) is 3.75. The van der Waals surface area contributed by atoms with Crippen molar-refractivity contribution >= 4 is 12.0 Å². The lowest BCUT2D eigenvalue weighted by Gasteiger charge is -2.48. The molecule has 7 rings (SSSR count). The third kappa shape index (κ3) is 3.31. The number of carbonyl (C=O) groups is 2. The van der Waals surface area contributed by atoms with Crippen molar-refractivity contribution in [2.24, 2.45) is 11.8 Å². The lowest BCUT2D eigenvalue weighted by atomic mass is 9.63. The van der Waals surface area contributed by atoms with Crippen molar-refractivity contribution in [1.29, 1.82) is 0 Å². The highest BCUT2D eigenvalue weighted by Crippen LogP contribution is 2.65. The van der Waals surface area contributed by atoms with Crippen LogP contribution in [0, 0.1) is 11.8 Å². The minimum absolute atomic E-state index is 0. The van der Waals surface area contributed by atoms with Gasteiger partial charge in [-0.2, -0.15) is 0 Å². The summed E-state index contributed by atoms with van der Waals surface area (Å²) in [5.41, 5.74) is 3.21. The monoisotopic (exact) mass is 479 g/mol. The van der Waals surface area contributed by atoms with Gasteiger partial charge >= 0.3 is 6.09 Å². The highest BCUT2D eigenvalue weighted by atomic mass is 16.6. The lowest BCUT2D eigenvalue weighted by Crippen LogP contribution is -2.49. The fourth-order valence-corrected chi connectivity index (χ4v) is 8.76. The van der Waals surface area contributed by atoms with Crippen LogP contribution in [0.5, 0.6) is 0 Å². The van der Waals surface area contributed by atoms with Crippen LogP contribution in [0.3, 0.4) is 0 Å². The van der Waals surface area contributed by atoms with E-state index in [2.05, 4.69) is 39.4 Å². The molecular formula is C29H41N3O3. The van der Waals surface area contributed by atoms with Crippen LogP contribution in [-0.2, 0) is 14.9 Å². The van der Waals surface area contributed by atoms with Gasteiger partial charge < -0.3 is 15.0 Å². The van der Waals surface area contributed by atoms with E-state index < -0.39 is 0 Å². The number of piperidine rings is 2. The van der Waals surface area contributed by atoms with Crippen LogP contribution in [0.2, 0.25) is 0 Å². The first-order valence-electron chi connectivity index (χ1n) is 14.2. The largest absolute Gasteiger partial charge is 0.450 e. The second kappa shape index (κ2) is 7.96. The number of hydrogen-bond acceptors (Lipinski definition) is 4. The van der Waals surface area contributed by atoms with Crippen LogP contribution in [0.15, 0.2) is 24.3 Å². The topological polar surface area (TPSA) is 61.7 Å². The molecule has 0 radical (unpaired) electrons. The molecule has 1 N–H and O–H groups in total. The molecule has 6 heteroatoms. The zero-order valence-electron chi connectivity index (χ0n) is 21.0. The van der Waals surface area contributed by atoms with Crippen LogP contribution >= 0.6 is 0 Å². The number of rotatable bonds is 4. The molecule has 2 aliphatic heterocycles. The molecule has 2 heterocycles. The highest BCUT2D eigenvalue weighted by molar-refractivity contribution is 5.81. The Balaban J connectivity index is 0.00000240. The molecule has 1 aromatic carbocycles. The molecule has 6 nitrogen and oxygen atoms in total. The van der Waals surface area contributed by atoms with Crippen LogP contribution in [0.25, 0.3) is 0 Å². The van der Waals surface area contributed by atoms with E-state index in [-0.39, 0.29) is 36.3 Å². The number of hydrogen-bond donors (Lipinski definition) is 1. The maximum atomic E-state index is 12.6. The normalized spacial score (nSPS) is 36.9. The van der Waals surface area contributed by atoms with Crippen molar-refractivity contribution in [3.63, 3.8) is 0 Å². The average molecular weight is 480 g/mol. The number of benzene rings is 1. The molecule has 190 valence electrons. The van der Waals surface area contributed by atoms with Crippen LogP contribution < -0.4 is 5.32 Å². The SMILES string of the molecule is CCOC(=O)N1C2CCC3CC(N4CCC5(CC[C@H](NC(=O)C6CC6)c6ccccc65)CC4)CC321.[HH]. The molecule has 3 saturated carbocycles. The summed E-state index contributed by atoms with van der Waals surface area (Å²) in [7, 11) is 0. The maximum absolute atomic E-state index is 12.6. The van der Waals surface area contributed by atoms with Crippen LogP contribution in [0.4, 0.5) is 4.79 Å². The zero-order valence-corrected chi connectivity index (χ0v) is 21.0. The number of nitrogens with zero attached hydrogens (tertiary/aromatic N) is 2. The van der Waals surface area contributed by atoms with E-state index in [0.717, 1.165) is 45.2 Å². The Morgan fingerprint density at radius 3 is 2.66 bits per heavy atom. The molecule has 0 bridgehead atoms. The van der Waals surface area contributed by atoms with Gasteiger partial charge in [0.2, 0.25) is 5.91 Å². The Morgan fingerprint density at radius 2 is 1.89 bits per heavy atom. The van der Waals surface area contributed by atoms with Gasteiger partial charge in [0.1, 0.15) is 0 Å². The molecule has 5 fully saturated rings. The third-order valence-electron chi connectivity index (χ3n) is 10.7. The smallest absolute Gasteiger partial charge is 0.410 e. The Morgan fingerprint density at radius 1 is 1.09 bits per heavy atom. The first kappa shape index (κ1) is 22.1. The second-order valence-corrected chi connectivity index (χ2v) is 12.2. The number of carbonyl (C=O) groups excluding carboxylic acids is 2. The quantitative estimate of drug-likeness (QED) is 0.632. The minimum Gasteiger partial charge on any atom is -0.450 e. The van der Waals surface area contributed by atoms with Crippen LogP contribution in [0.1, 0.15) is 89.7 Å². The van der Waals surface area contributed by atoms with Crippen LogP contribution in [-0.4, -0.2) is 59.1 Å². The molecule has 5 atom stereocenters. The summed E-state index contributed by atoms with van der Waals surface area (Å²) >= 11 is 0. The standard InChI is InChI=1S/C29H39N3O3.H2/c1-2-35-27(34)32-25-10-9-20-17-21(18-29(20,25)32)31-15-13-28(14-16-31)12-11-24(30-26(33)19-7-8-19)22-5-3-4-6-23(22)28;/h3-6,19-21,24-25H,2,7-18H2,1H3,(H,30,33);1H/t20?,21?,24-,25?,29?,32?;/m0./s1. The number of nitrogens with one attached hydrogen (secondary N) is 1. The fourth-order valence-electron chi connectivity index (χ4n) is 8.76. The summed E-state index contributed by atoms with van der Waals surface area (Å²) in [5.74, 6) is 1.18. The van der Waals surface area contributed by atoms with Gasteiger partial charge in [0.15, 0.2) is 0 Å². The molecule has 1 aromatic rings. The van der Waals surface area contributed by atoms with Gasteiger partial charge in [-0.15, -0.1) is 0 Å². The van der Waals surface area contributed by atoms with Crippen molar-refractivity contribution < 1.29 is 15.8 Å². The summed E-state index contributed by atoms with van der Waals surface area (Å²) in [4.78, 5) is 29.9. The van der Waals surface area contributed by atoms with E-state index in [1.165, 1.54) is 43.2 Å². The van der Waals surface area contributed by atoms with Gasteiger partial charge in [-0.3, -0.25) is 9.69 Å². The summed E-state index contributed by atoms with van der Waals surface area (Å²) in [6.45, 7) is 4.66. The van der Waals surface area contributed by atoms with Crippen molar-refractivity contribution in [3.05, 3.63) is 35.4 Å². The molecule has 6 aliphatic rings. The van der Waals surface area contributed by atoms with E-state index >= 15 is 0 Å². The Bertz CT molecular complexity index is 1040. The predicted molar refractivity (Wildman–Crippen MR) is 135 cm³/mol. The van der Waals surface area contributed by atoms with Crippen molar-refractivity contribution in [3.8, 4) is 0 Å². The molecule has 0 aromatic heterocycles. The van der Waals surface area contributed by atoms with Gasteiger partial charge in [-0.05, 0) is 107 Å². The highest BCUT2D eigenvalue weighted by Gasteiger charge is 2.75. The summed E-state index contributed by atoms with van der Waals surface area (Å²) in [6.07, 6.45) is 11.5. The Hall–Kier alpha value is -2.08. The molecule has 4 aliphatic carbocycles. The Labute approximate surface area is 210 Å². The second-order valence-electron chi connectivity index (χ2n) is 12.2. The first-order valence-corrected chi connectivity index (χ1v) is 14.2. The summed E-state index contributed by atoms with van der Waals surface area (Å²) in [5, 5.41) is 3.37. The molecule has 4 unspecified atom stereocenters. The van der Waals surface area contributed by atoms with E-state index in [9.17, 15) is 9.59 Å². The predicted octanol–water partition coefficient (Wildman–Crippen LogP) is 4.78. The number of amides is 2. The first-order chi connectivity index (χ1) is 17.1. The van der Waals surface area contributed by atoms with Gasteiger partial charge in [0.25, 0.3) is 0 Å². The molecular weight excluding hydrogens is 438 g/mol. The van der Waals surface area contributed by atoms with Crippen molar-refractivity contribution in [2.75, 3.05) is 19.7 Å². The van der Waals surface area contributed by atoms with Crippen molar-refractivity contribution in [2.45, 2.75) is 100 Å². The molecule has 2 saturated heterocycles. The third-order valence-corrected chi connectivity index (χ3v) is 10.7. The Kier molecular flexibility index (Phi) is 5.04.